The lowest BCUT2D eigenvalue weighted by molar-refractivity contribution is 0.0348. The number of hydrogen-bond acceptors (Lipinski definition) is 2. The molecule has 1 N–H and O–H groups in total. The molecule has 1 aromatic rings. The molecular weight excluding hydrogens is 162 g/mol. The minimum absolute atomic E-state index is 0.782. The summed E-state index contributed by atoms with van der Waals surface area (Å²) in [6, 6.07) is 10.2. The highest BCUT2D eigenvalue weighted by atomic mass is 16.6. The molecule has 2 nitrogen and oxygen atoms in total. The number of rotatable bonds is 6. The molecule has 0 heterocycles. The first-order chi connectivity index (χ1) is 6.43. The third-order valence-corrected chi connectivity index (χ3v) is 1.82. The lowest BCUT2D eigenvalue weighted by Gasteiger charge is -2.04. The van der Waals surface area contributed by atoms with Crippen LogP contribution in [0.4, 0.5) is 0 Å². The molecule has 1 aromatic carbocycles. The highest BCUT2D eigenvalue weighted by molar-refractivity contribution is 5.13. The van der Waals surface area contributed by atoms with E-state index < -0.39 is 0 Å². The van der Waals surface area contributed by atoms with Crippen molar-refractivity contribution in [3.05, 3.63) is 35.9 Å². The Morgan fingerprint density at radius 1 is 1.23 bits per heavy atom. The van der Waals surface area contributed by atoms with Gasteiger partial charge in [-0.25, -0.2) is 0 Å². The van der Waals surface area contributed by atoms with Gasteiger partial charge >= 0.3 is 0 Å². The van der Waals surface area contributed by atoms with Gasteiger partial charge < -0.3 is 4.84 Å². The molecule has 13 heavy (non-hydrogen) atoms. The van der Waals surface area contributed by atoms with E-state index in [1.807, 2.05) is 18.2 Å². The van der Waals surface area contributed by atoms with Gasteiger partial charge in [-0.3, -0.25) is 0 Å². The number of nitrogens with one attached hydrogen (secondary N) is 1. The summed E-state index contributed by atoms with van der Waals surface area (Å²) < 4.78 is 0. The molecule has 0 radical (unpaired) electrons. The molecule has 1 rings (SSSR count). The maximum Gasteiger partial charge on any atom is 0.0682 e. The molecule has 0 aliphatic rings. The zero-order valence-electron chi connectivity index (χ0n) is 8.12. The van der Waals surface area contributed by atoms with E-state index in [4.69, 9.17) is 4.84 Å². The zero-order valence-corrected chi connectivity index (χ0v) is 8.12. The molecule has 0 aliphatic heterocycles. The van der Waals surface area contributed by atoms with Crippen molar-refractivity contribution in [2.75, 3.05) is 6.61 Å². The Labute approximate surface area is 79.9 Å². The Balaban J connectivity index is 2.07. The van der Waals surface area contributed by atoms with E-state index in [9.17, 15) is 0 Å². The molecule has 0 amide bonds. The molecule has 0 bridgehead atoms. The fourth-order valence-corrected chi connectivity index (χ4v) is 1.02. The monoisotopic (exact) mass is 179 g/mol. The highest BCUT2D eigenvalue weighted by Gasteiger charge is 1.89. The lowest BCUT2D eigenvalue weighted by atomic mass is 10.2. The largest absolute Gasteiger partial charge is 0.301 e. The first kappa shape index (κ1) is 10.2. The van der Waals surface area contributed by atoms with Crippen molar-refractivity contribution >= 4 is 0 Å². The lowest BCUT2D eigenvalue weighted by Crippen LogP contribution is -2.14. The number of hydroxylamine groups is 1. The van der Waals surface area contributed by atoms with Crippen molar-refractivity contribution in [1.29, 1.82) is 0 Å². The van der Waals surface area contributed by atoms with Gasteiger partial charge in [0.1, 0.15) is 0 Å². The van der Waals surface area contributed by atoms with Gasteiger partial charge in [-0.2, -0.15) is 5.48 Å². The van der Waals surface area contributed by atoms with Crippen LogP contribution in [0.3, 0.4) is 0 Å². The summed E-state index contributed by atoms with van der Waals surface area (Å²) in [5.74, 6) is 0. The summed E-state index contributed by atoms with van der Waals surface area (Å²) in [5.41, 5.74) is 4.19. The molecule has 0 atom stereocenters. The summed E-state index contributed by atoms with van der Waals surface area (Å²) >= 11 is 0. The fourth-order valence-electron chi connectivity index (χ4n) is 1.02. The molecule has 0 aliphatic carbocycles. The third-order valence-electron chi connectivity index (χ3n) is 1.82. The first-order valence-corrected chi connectivity index (χ1v) is 4.82. The fraction of sp³-hybridized carbons (Fsp3) is 0.455. The Morgan fingerprint density at radius 3 is 2.69 bits per heavy atom. The van der Waals surface area contributed by atoms with Gasteiger partial charge in [-0.15, -0.1) is 0 Å². The summed E-state index contributed by atoms with van der Waals surface area (Å²) in [7, 11) is 0. The molecule has 0 saturated carbocycles. The Hall–Kier alpha value is -0.860. The van der Waals surface area contributed by atoms with E-state index in [2.05, 4.69) is 24.5 Å². The Kier molecular flexibility index (Phi) is 5.22. The number of hydrogen-bond donors (Lipinski definition) is 1. The number of unbranched alkanes of at least 4 members (excludes halogenated alkanes) is 1. The van der Waals surface area contributed by atoms with Crippen LogP contribution in [0.2, 0.25) is 0 Å². The van der Waals surface area contributed by atoms with Crippen molar-refractivity contribution in [2.45, 2.75) is 26.3 Å². The van der Waals surface area contributed by atoms with E-state index in [-0.39, 0.29) is 0 Å². The van der Waals surface area contributed by atoms with Gasteiger partial charge in [0.05, 0.1) is 6.61 Å². The second-order valence-electron chi connectivity index (χ2n) is 3.01. The first-order valence-electron chi connectivity index (χ1n) is 4.82. The van der Waals surface area contributed by atoms with Gasteiger partial charge in [0.25, 0.3) is 0 Å². The van der Waals surface area contributed by atoms with Crippen LogP contribution in [0.1, 0.15) is 25.3 Å². The van der Waals surface area contributed by atoms with Gasteiger partial charge in [-0.05, 0) is 12.0 Å². The predicted molar refractivity (Wildman–Crippen MR) is 54.1 cm³/mol. The maximum atomic E-state index is 5.23. The maximum absolute atomic E-state index is 5.23. The molecule has 2 heteroatoms. The van der Waals surface area contributed by atoms with Crippen LogP contribution in [0.5, 0.6) is 0 Å². The van der Waals surface area contributed by atoms with Crippen LogP contribution in [0, 0.1) is 0 Å². The summed E-state index contributed by atoms with van der Waals surface area (Å²) in [6.07, 6.45) is 2.29. The van der Waals surface area contributed by atoms with E-state index in [1.54, 1.807) is 0 Å². The van der Waals surface area contributed by atoms with Crippen LogP contribution >= 0.6 is 0 Å². The zero-order chi connectivity index (χ0) is 9.36. The van der Waals surface area contributed by atoms with Crippen molar-refractivity contribution in [2.24, 2.45) is 0 Å². The highest BCUT2D eigenvalue weighted by Crippen LogP contribution is 1.97. The van der Waals surface area contributed by atoms with Crippen molar-refractivity contribution < 1.29 is 4.84 Å². The van der Waals surface area contributed by atoms with Crippen molar-refractivity contribution in [3.63, 3.8) is 0 Å². The van der Waals surface area contributed by atoms with Gasteiger partial charge in [0.2, 0.25) is 0 Å². The molecule has 0 aromatic heterocycles. The minimum atomic E-state index is 0.782. The van der Waals surface area contributed by atoms with Crippen LogP contribution in [0.15, 0.2) is 30.3 Å². The number of benzene rings is 1. The SMILES string of the molecule is CCCCONCc1ccccc1. The molecular formula is C11H17NO. The minimum Gasteiger partial charge on any atom is -0.301 e. The standard InChI is InChI=1S/C11H17NO/c1-2-3-9-13-12-10-11-7-5-4-6-8-11/h4-8,12H,2-3,9-10H2,1H3. The summed E-state index contributed by atoms with van der Waals surface area (Å²) in [4.78, 5) is 5.23. The van der Waals surface area contributed by atoms with E-state index in [0.717, 1.165) is 19.6 Å². The Morgan fingerprint density at radius 2 is 2.00 bits per heavy atom. The molecule has 0 saturated heterocycles. The quantitative estimate of drug-likeness (QED) is 0.535. The summed E-state index contributed by atoms with van der Waals surface area (Å²) in [6.45, 7) is 3.73. The van der Waals surface area contributed by atoms with E-state index >= 15 is 0 Å². The average Bonchev–Trinajstić information content (AvgIpc) is 2.19. The smallest absolute Gasteiger partial charge is 0.0682 e. The van der Waals surface area contributed by atoms with Crippen LogP contribution in [-0.4, -0.2) is 6.61 Å². The summed E-state index contributed by atoms with van der Waals surface area (Å²) in [5, 5.41) is 0. The van der Waals surface area contributed by atoms with E-state index in [1.165, 1.54) is 12.0 Å². The Bertz CT molecular complexity index is 211. The average molecular weight is 179 g/mol. The second kappa shape index (κ2) is 6.63. The molecule has 0 unspecified atom stereocenters. The van der Waals surface area contributed by atoms with Crippen molar-refractivity contribution in [1.82, 2.24) is 5.48 Å². The molecule has 72 valence electrons. The predicted octanol–water partition coefficient (Wildman–Crippen LogP) is 2.51. The van der Waals surface area contributed by atoms with Gasteiger partial charge in [0.15, 0.2) is 0 Å². The molecule has 0 spiro atoms. The third kappa shape index (κ3) is 4.65. The molecule has 0 fully saturated rings. The second-order valence-corrected chi connectivity index (χ2v) is 3.01. The van der Waals surface area contributed by atoms with Crippen LogP contribution < -0.4 is 5.48 Å². The topological polar surface area (TPSA) is 21.3 Å². The van der Waals surface area contributed by atoms with Gasteiger partial charge in [0, 0.05) is 6.54 Å². The van der Waals surface area contributed by atoms with Gasteiger partial charge in [-0.1, -0.05) is 43.7 Å². The normalized spacial score (nSPS) is 10.2. The van der Waals surface area contributed by atoms with Crippen molar-refractivity contribution in [3.8, 4) is 0 Å². The van der Waals surface area contributed by atoms with Crippen LogP contribution in [-0.2, 0) is 11.4 Å². The van der Waals surface area contributed by atoms with Crippen LogP contribution in [0.25, 0.3) is 0 Å². The van der Waals surface area contributed by atoms with E-state index in [0.29, 0.717) is 0 Å².